The largest absolute Gasteiger partial charge is 0.492 e. The van der Waals surface area contributed by atoms with E-state index in [1.807, 2.05) is 66.9 Å². The van der Waals surface area contributed by atoms with Crippen LogP contribution in [0.5, 0.6) is 5.88 Å². The minimum atomic E-state index is 0.0964. The maximum atomic E-state index is 10.5. The number of nitrogens with one attached hydrogen (secondary N) is 1. The van der Waals surface area contributed by atoms with Gasteiger partial charge in [0.15, 0.2) is 3.95 Å². The van der Waals surface area contributed by atoms with Crippen LogP contribution in [0.15, 0.2) is 59.6 Å². The Bertz CT molecular complexity index is 1020. The van der Waals surface area contributed by atoms with Crippen LogP contribution in [0.4, 0.5) is 11.4 Å². The first-order chi connectivity index (χ1) is 11.7. The minimum Gasteiger partial charge on any atom is -0.492 e. The van der Waals surface area contributed by atoms with Crippen LogP contribution in [-0.2, 0) is 0 Å². The Morgan fingerprint density at radius 3 is 2.67 bits per heavy atom. The molecule has 1 aliphatic rings. The van der Waals surface area contributed by atoms with E-state index in [2.05, 4.69) is 10.4 Å². The van der Waals surface area contributed by atoms with E-state index < -0.39 is 0 Å². The van der Waals surface area contributed by atoms with E-state index in [4.69, 9.17) is 12.2 Å². The van der Waals surface area contributed by atoms with E-state index in [1.54, 1.807) is 0 Å². The lowest BCUT2D eigenvalue weighted by Crippen LogP contribution is -2.07. The monoisotopic (exact) mass is 351 g/mol. The maximum Gasteiger partial charge on any atom is 0.230 e. The Kier molecular flexibility index (Phi) is 3.76. The van der Waals surface area contributed by atoms with Gasteiger partial charge in [-0.05, 0) is 36.5 Å². The van der Waals surface area contributed by atoms with Crippen molar-refractivity contribution in [1.82, 2.24) is 4.68 Å². The van der Waals surface area contributed by atoms with Gasteiger partial charge in [-0.25, -0.2) is 4.68 Å². The van der Waals surface area contributed by atoms with Crippen molar-refractivity contribution in [2.24, 2.45) is 4.99 Å². The lowest BCUT2D eigenvalue weighted by molar-refractivity contribution is 0.434. The Labute approximate surface area is 148 Å². The molecule has 4 nitrogen and oxygen atoms in total. The van der Waals surface area contributed by atoms with Crippen molar-refractivity contribution in [3.63, 3.8) is 0 Å². The molecule has 0 unspecified atom stereocenters. The van der Waals surface area contributed by atoms with E-state index in [0.717, 1.165) is 22.5 Å². The molecule has 0 saturated heterocycles. The fourth-order valence-corrected chi connectivity index (χ4v) is 3.69. The molecule has 2 N–H and O–H groups in total. The molecule has 3 aromatic rings. The fourth-order valence-electron chi connectivity index (χ4n) is 2.51. The van der Waals surface area contributed by atoms with Gasteiger partial charge in [-0.3, -0.25) is 10.4 Å². The van der Waals surface area contributed by atoms with Crippen molar-refractivity contribution in [1.29, 1.82) is 0 Å². The van der Waals surface area contributed by atoms with Crippen molar-refractivity contribution >= 4 is 52.8 Å². The molecule has 4 rings (SSSR count). The van der Waals surface area contributed by atoms with Crippen LogP contribution in [-0.4, -0.2) is 16.0 Å². The highest BCUT2D eigenvalue weighted by Crippen LogP contribution is 2.35. The third-order valence-electron chi connectivity index (χ3n) is 3.67. The first-order valence-electron chi connectivity index (χ1n) is 7.34. The van der Waals surface area contributed by atoms with Gasteiger partial charge in [0.25, 0.3) is 0 Å². The lowest BCUT2D eigenvalue weighted by Gasteiger charge is -2.08. The number of aromatic nitrogens is 1. The topological polar surface area (TPSA) is 49.6 Å². The molecular formula is C18H13N3OS2. The number of allylic oxidation sites excluding steroid dienone is 1. The molecule has 6 heteroatoms. The summed E-state index contributed by atoms with van der Waals surface area (Å²) >= 11 is 6.72. The summed E-state index contributed by atoms with van der Waals surface area (Å²) in [6, 6.07) is 17.5. The third-order valence-corrected chi connectivity index (χ3v) is 4.98. The SMILES string of the molecule is Oc1c(C=C2C=Nc3ccccc32)sc(=S)n1Nc1ccccc1. The second-order valence-electron chi connectivity index (χ2n) is 5.24. The molecule has 0 radical (unpaired) electrons. The summed E-state index contributed by atoms with van der Waals surface area (Å²) in [5, 5.41) is 10.5. The molecule has 2 heterocycles. The standard InChI is InChI=1S/C18H13N3OS2/c22-17-16(10-12-11-19-15-9-5-4-8-14(12)15)24-18(23)21(17)20-13-6-2-1-3-7-13/h1-11,20,22H. The van der Waals surface area contributed by atoms with Crippen LogP contribution >= 0.6 is 23.6 Å². The number of hydrogen-bond acceptors (Lipinski definition) is 5. The van der Waals surface area contributed by atoms with Gasteiger partial charge in [0.2, 0.25) is 5.88 Å². The maximum absolute atomic E-state index is 10.5. The third kappa shape index (κ3) is 2.66. The van der Waals surface area contributed by atoms with Gasteiger partial charge in [0.1, 0.15) is 0 Å². The summed E-state index contributed by atoms with van der Waals surface area (Å²) in [5.74, 6) is 0.0964. The summed E-state index contributed by atoms with van der Waals surface area (Å²) < 4.78 is 2.06. The van der Waals surface area contributed by atoms with E-state index in [9.17, 15) is 5.11 Å². The quantitative estimate of drug-likeness (QED) is 0.644. The Balaban J connectivity index is 1.72. The lowest BCUT2D eigenvalue weighted by atomic mass is 10.1. The molecule has 1 aromatic heterocycles. The van der Waals surface area contributed by atoms with Crippen molar-refractivity contribution in [3.8, 4) is 5.88 Å². The van der Waals surface area contributed by atoms with Gasteiger partial charge < -0.3 is 5.11 Å². The molecular weight excluding hydrogens is 338 g/mol. The highest BCUT2D eigenvalue weighted by Gasteiger charge is 2.15. The van der Waals surface area contributed by atoms with Crippen LogP contribution in [0.2, 0.25) is 0 Å². The Hall–Kier alpha value is -2.70. The van der Waals surface area contributed by atoms with Crippen LogP contribution in [0.25, 0.3) is 11.6 Å². The van der Waals surface area contributed by atoms with Crippen molar-refractivity contribution in [2.45, 2.75) is 0 Å². The molecule has 0 bridgehead atoms. The highest BCUT2D eigenvalue weighted by molar-refractivity contribution is 7.73. The second kappa shape index (κ2) is 6.07. The zero-order valence-corrected chi connectivity index (χ0v) is 14.1. The van der Waals surface area contributed by atoms with Gasteiger partial charge in [-0.1, -0.05) is 47.7 Å². The second-order valence-corrected chi connectivity index (χ2v) is 6.92. The molecule has 0 atom stereocenters. The van der Waals surface area contributed by atoms with Crippen LogP contribution < -0.4 is 5.43 Å². The van der Waals surface area contributed by atoms with Gasteiger partial charge >= 0.3 is 0 Å². The number of fused-ring (bicyclic) bond motifs is 1. The normalized spacial score (nSPS) is 14.1. The number of anilines is 1. The van der Waals surface area contributed by atoms with Gasteiger partial charge in [-0.2, -0.15) is 0 Å². The number of hydrogen-bond donors (Lipinski definition) is 2. The predicted octanol–water partition coefficient (Wildman–Crippen LogP) is 5.12. The number of aliphatic imine (C=N–C) groups is 1. The summed E-state index contributed by atoms with van der Waals surface area (Å²) in [6.45, 7) is 0. The molecule has 24 heavy (non-hydrogen) atoms. The number of rotatable bonds is 3. The summed E-state index contributed by atoms with van der Waals surface area (Å²) in [4.78, 5) is 5.08. The van der Waals surface area contributed by atoms with Gasteiger partial charge in [0.05, 0.1) is 16.3 Å². The minimum absolute atomic E-state index is 0.0964. The molecule has 0 spiro atoms. The number of nitrogens with zero attached hydrogens (tertiary/aromatic N) is 2. The molecule has 1 aliphatic heterocycles. The number of aromatic hydroxyl groups is 1. The summed E-state index contributed by atoms with van der Waals surface area (Å²) in [7, 11) is 0. The Morgan fingerprint density at radius 1 is 1.08 bits per heavy atom. The van der Waals surface area contributed by atoms with Crippen molar-refractivity contribution in [3.05, 3.63) is 69.0 Å². The Morgan fingerprint density at radius 2 is 1.83 bits per heavy atom. The van der Waals surface area contributed by atoms with E-state index >= 15 is 0 Å². The number of thiazole rings is 1. The zero-order chi connectivity index (χ0) is 16.5. The molecule has 0 saturated carbocycles. The van der Waals surface area contributed by atoms with Crippen LogP contribution in [0.1, 0.15) is 10.4 Å². The van der Waals surface area contributed by atoms with Gasteiger partial charge in [0, 0.05) is 17.4 Å². The average Bonchev–Trinajstić information content (AvgIpc) is 3.13. The summed E-state index contributed by atoms with van der Waals surface area (Å²) in [6.07, 6.45) is 3.72. The first-order valence-corrected chi connectivity index (χ1v) is 8.57. The number of para-hydroxylation sites is 2. The predicted molar refractivity (Wildman–Crippen MR) is 103 cm³/mol. The zero-order valence-electron chi connectivity index (χ0n) is 12.5. The smallest absolute Gasteiger partial charge is 0.230 e. The summed E-state index contributed by atoms with van der Waals surface area (Å²) in [5.41, 5.74) is 6.93. The van der Waals surface area contributed by atoms with Crippen molar-refractivity contribution < 1.29 is 5.11 Å². The van der Waals surface area contributed by atoms with Crippen LogP contribution in [0, 0.1) is 3.95 Å². The van der Waals surface area contributed by atoms with Crippen LogP contribution in [0.3, 0.4) is 0 Å². The molecule has 0 amide bonds. The molecule has 0 aliphatic carbocycles. The van der Waals surface area contributed by atoms with Gasteiger partial charge in [-0.15, -0.1) is 0 Å². The van der Waals surface area contributed by atoms with Crippen molar-refractivity contribution in [2.75, 3.05) is 5.43 Å². The van der Waals surface area contributed by atoms with E-state index in [1.165, 1.54) is 16.0 Å². The first kappa shape index (κ1) is 14.9. The molecule has 118 valence electrons. The highest BCUT2D eigenvalue weighted by atomic mass is 32.1. The molecule has 2 aromatic carbocycles. The number of benzene rings is 2. The molecule has 0 fully saturated rings. The van der Waals surface area contributed by atoms with E-state index in [0.29, 0.717) is 8.83 Å². The fraction of sp³-hybridized carbons (Fsp3) is 0. The van der Waals surface area contributed by atoms with E-state index in [-0.39, 0.29) is 5.88 Å². The average molecular weight is 351 g/mol.